The second kappa shape index (κ2) is 5.69. The van der Waals surface area contributed by atoms with Crippen LogP contribution in [0.4, 0.5) is 0 Å². The Morgan fingerprint density at radius 2 is 2.00 bits per heavy atom. The predicted molar refractivity (Wildman–Crippen MR) is 46.6 cm³/mol. The van der Waals surface area contributed by atoms with Gasteiger partial charge in [-0.2, -0.15) is 5.21 Å². The molecule has 12 heavy (non-hydrogen) atoms. The Hall–Kier alpha value is -0.930. The number of tetrazole rings is 1. The highest BCUT2D eigenvalue weighted by molar-refractivity contribution is 4.74. The lowest BCUT2D eigenvalue weighted by Gasteiger charge is -1.95. The van der Waals surface area contributed by atoms with Crippen molar-refractivity contribution >= 4 is 0 Å². The summed E-state index contributed by atoms with van der Waals surface area (Å²) in [5.41, 5.74) is 0. The number of aromatic nitrogens is 4. The number of aryl methyl sites for hydroxylation is 1. The van der Waals surface area contributed by atoms with Crippen LogP contribution in [0.25, 0.3) is 0 Å². The Morgan fingerprint density at radius 1 is 1.17 bits per heavy atom. The van der Waals surface area contributed by atoms with Crippen molar-refractivity contribution < 1.29 is 0 Å². The molecule has 0 saturated carbocycles. The lowest BCUT2D eigenvalue weighted by molar-refractivity contribution is 0.623. The zero-order valence-corrected chi connectivity index (χ0v) is 7.58. The van der Waals surface area contributed by atoms with Crippen LogP contribution in [0, 0.1) is 0 Å². The van der Waals surface area contributed by atoms with E-state index < -0.39 is 0 Å². The Bertz CT molecular complexity index is 183. The number of rotatable bonds is 6. The number of nitrogens with one attached hydrogen (secondary N) is 1. The molecule has 4 heteroatoms. The van der Waals surface area contributed by atoms with Gasteiger partial charge in [0.05, 0.1) is 0 Å². The van der Waals surface area contributed by atoms with E-state index in [9.17, 15) is 0 Å². The van der Waals surface area contributed by atoms with Crippen molar-refractivity contribution in [3.05, 3.63) is 5.82 Å². The lowest BCUT2D eigenvalue weighted by atomic mass is 10.1. The number of nitrogens with zero attached hydrogens (tertiary/aromatic N) is 3. The molecular weight excluding hydrogens is 152 g/mol. The van der Waals surface area contributed by atoms with E-state index in [1.807, 2.05) is 0 Å². The zero-order valence-electron chi connectivity index (χ0n) is 7.58. The van der Waals surface area contributed by atoms with Crippen LogP contribution in [0.2, 0.25) is 0 Å². The average Bonchev–Trinajstić information content (AvgIpc) is 2.57. The summed E-state index contributed by atoms with van der Waals surface area (Å²) in [6.07, 6.45) is 7.38. The number of aromatic amines is 1. The Kier molecular flexibility index (Phi) is 4.34. The SMILES string of the molecule is CCCCCCCc1nn[nH]n1. The molecule has 0 aliphatic rings. The van der Waals surface area contributed by atoms with Crippen LogP contribution in [0.1, 0.15) is 44.9 Å². The van der Waals surface area contributed by atoms with Gasteiger partial charge in [-0.15, -0.1) is 10.2 Å². The quantitative estimate of drug-likeness (QED) is 0.658. The van der Waals surface area contributed by atoms with Gasteiger partial charge < -0.3 is 0 Å². The summed E-state index contributed by atoms with van der Waals surface area (Å²) < 4.78 is 0. The summed E-state index contributed by atoms with van der Waals surface area (Å²) in [6.45, 7) is 2.22. The third kappa shape index (κ3) is 3.46. The van der Waals surface area contributed by atoms with Crippen LogP contribution in [0.15, 0.2) is 0 Å². The van der Waals surface area contributed by atoms with E-state index >= 15 is 0 Å². The summed E-state index contributed by atoms with van der Waals surface area (Å²) >= 11 is 0. The molecule has 0 spiro atoms. The molecule has 0 radical (unpaired) electrons. The van der Waals surface area contributed by atoms with Crippen LogP contribution in [-0.4, -0.2) is 20.6 Å². The normalized spacial score (nSPS) is 10.4. The number of unbranched alkanes of at least 4 members (excludes halogenated alkanes) is 4. The maximum Gasteiger partial charge on any atom is 0.174 e. The predicted octanol–water partition coefficient (Wildman–Crippen LogP) is 1.71. The van der Waals surface area contributed by atoms with Gasteiger partial charge in [-0.3, -0.25) is 0 Å². The molecule has 1 rings (SSSR count). The van der Waals surface area contributed by atoms with Crippen LogP contribution >= 0.6 is 0 Å². The molecule has 1 heterocycles. The van der Waals surface area contributed by atoms with Crippen molar-refractivity contribution in [2.45, 2.75) is 45.4 Å². The highest BCUT2D eigenvalue weighted by Crippen LogP contribution is 2.04. The van der Waals surface area contributed by atoms with Crippen molar-refractivity contribution in [3.63, 3.8) is 0 Å². The highest BCUT2D eigenvalue weighted by Gasteiger charge is 1.96. The molecule has 1 aromatic rings. The van der Waals surface area contributed by atoms with Crippen LogP contribution in [-0.2, 0) is 6.42 Å². The average molecular weight is 168 g/mol. The summed E-state index contributed by atoms with van der Waals surface area (Å²) in [6, 6.07) is 0. The van der Waals surface area contributed by atoms with Crippen molar-refractivity contribution in [3.8, 4) is 0 Å². The molecule has 0 unspecified atom stereocenters. The van der Waals surface area contributed by atoms with E-state index in [1.165, 1.54) is 32.1 Å². The van der Waals surface area contributed by atoms with E-state index in [0.29, 0.717) is 0 Å². The van der Waals surface area contributed by atoms with Gasteiger partial charge in [0, 0.05) is 6.42 Å². The topological polar surface area (TPSA) is 54.5 Å². The Balaban J connectivity index is 1.96. The zero-order chi connectivity index (χ0) is 8.65. The largest absolute Gasteiger partial charge is 0.177 e. The maximum atomic E-state index is 3.89. The first-order valence-corrected chi connectivity index (χ1v) is 4.66. The molecular formula is C8H16N4. The van der Waals surface area contributed by atoms with E-state index in [2.05, 4.69) is 27.5 Å². The standard InChI is InChI=1S/C8H16N4/c1-2-3-4-5-6-7-8-9-11-12-10-8/h2-7H2,1H3,(H,9,10,11,12). The van der Waals surface area contributed by atoms with Crippen molar-refractivity contribution in [2.75, 3.05) is 0 Å². The second-order valence-corrected chi connectivity index (χ2v) is 2.99. The maximum absolute atomic E-state index is 3.89. The molecule has 0 fully saturated rings. The summed E-state index contributed by atoms with van der Waals surface area (Å²) in [5.74, 6) is 0.839. The number of hydrogen-bond donors (Lipinski definition) is 1. The van der Waals surface area contributed by atoms with Gasteiger partial charge in [-0.05, 0) is 6.42 Å². The lowest BCUT2D eigenvalue weighted by Crippen LogP contribution is -1.88. The molecule has 0 aromatic carbocycles. The van der Waals surface area contributed by atoms with Gasteiger partial charge >= 0.3 is 0 Å². The fraction of sp³-hybridized carbons (Fsp3) is 0.875. The van der Waals surface area contributed by atoms with Crippen molar-refractivity contribution in [2.24, 2.45) is 0 Å². The smallest absolute Gasteiger partial charge is 0.174 e. The molecule has 0 aliphatic heterocycles. The van der Waals surface area contributed by atoms with E-state index in [1.54, 1.807) is 0 Å². The van der Waals surface area contributed by atoms with Gasteiger partial charge in [0.15, 0.2) is 5.82 Å². The van der Waals surface area contributed by atoms with E-state index in [4.69, 9.17) is 0 Å². The van der Waals surface area contributed by atoms with E-state index in [0.717, 1.165) is 12.2 Å². The second-order valence-electron chi connectivity index (χ2n) is 2.99. The van der Waals surface area contributed by atoms with Crippen LogP contribution in [0.5, 0.6) is 0 Å². The Morgan fingerprint density at radius 3 is 2.67 bits per heavy atom. The van der Waals surface area contributed by atoms with Crippen molar-refractivity contribution in [1.82, 2.24) is 20.6 Å². The van der Waals surface area contributed by atoms with Gasteiger partial charge in [0.1, 0.15) is 0 Å². The first-order valence-electron chi connectivity index (χ1n) is 4.66. The highest BCUT2D eigenvalue weighted by atomic mass is 15.5. The van der Waals surface area contributed by atoms with Gasteiger partial charge in [0.25, 0.3) is 0 Å². The molecule has 0 amide bonds. The van der Waals surface area contributed by atoms with Gasteiger partial charge in [-0.1, -0.05) is 37.8 Å². The monoisotopic (exact) mass is 168 g/mol. The fourth-order valence-corrected chi connectivity index (χ4v) is 1.18. The van der Waals surface area contributed by atoms with Crippen LogP contribution in [0.3, 0.4) is 0 Å². The first kappa shape index (κ1) is 9.16. The van der Waals surface area contributed by atoms with Crippen molar-refractivity contribution in [1.29, 1.82) is 0 Å². The first-order chi connectivity index (χ1) is 5.93. The van der Waals surface area contributed by atoms with Gasteiger partial charge in [0.2, 0.25) is 0 Å². The minimum Gasteiger partial charge on any atom is -0.177 e. The summed E-state index contributed by atoms with van der Waals surface area (Å²) in [4.78, 5) is 0. The fourth-order valence-electron chi connectivity index (χ4n) is 1.18. The molecule has 68 valence electrons. The molecule has 0 saturated heterocycles. The minimum absolute atomic E-state index is 0.839. The molecule has 0 bridgehead atoms. The molecule has 4 nitrogen and oxygen atoms in total. The number of hydrogen-bond acceptors (Lipinski definition) is 3. The molecule has 1 aromatic heterocycles. The van der Waals surface area contributed by atoms with Gasteiger partial charge in [-0.25, -0.2) is 0 Å². The molecule has 0 atom stereocenters. The Labute approximate surface area is 72.8 Å². The van der Waals surface area contributed by atoms with E-state index in [-0.39, 0.29) is 0 Å². The number of H-pyrrole nitrogens is 1. The molecule has 1 N–H and O–H groups in total. The molecule has 0 aliphatic carbocycles. The summed E-state index contributed by atoms with van der Waals surface area (Å²) in [5, 5.41) is 13.7. The summed E-state index contributed by atoms with van der Waals surface area (Å²) in [7, 11) is 0. The van der Waals surface area contributed by atoms with Crippen LogP contribution < -0.4 is 0 Å². The minimum atomic E-state index is 0.839. The third-order valence-electron chi connectivity index (χ3n) is 1.89. The third-order valence-corrected chi connectivity index (χ3v) is 1.89.